The number of thioether (sulfide) groups is 2. The minimum atomic E-state index is -0.263. The summed E-state index contributed by atoms with van der Waals surface area (Å²) >= 11 is 2.96. The average molecular weight is 350 g/mol. The lowest BCUT2D eigenvalue weighted by Gasteiger charge is -2.12. The monoisotopic (exact) mass is 350 g/mol. The molecule has 0 heterocycles. The maximum absolute atomic E-state index is 11.8. The van der Waals surface area contributed by atoms with Crippen LogP contribution in [0.4, 0.5) is 0 Å². The van der Waals surface area contributed by atoms with Gasteiger partial charge < -0.3 is 14.9 Å². The largest absolute Gasteiger partial charge is 0.508 e. The van der Waals surface area contributed by atoms with E-state index < -0.39 is 0 Å². The third-order valence-corrected chi connectivity index (χ3v) is 4.91. The average Bonchev–Trinajstić information content (AvgIpc) is 2.54. The summed E-state index contributed by atoms with van der Waals surface area (Å²) in [6, 6.07) is 13.6. The van der Waals surface area contributed by atoms with Gasteiger partial charge in [0.2, 0.25) is 0 Å². The summed E-state index contributed by atoms with van der Waals surface area (Å²) in [5, 5.41) is 18.6. The van der Waals surface area contributed by atoms with Gasteiger partial charge in [0.15, 0.2) is 0 Å². The van der Waals surface area contributed by atoms with Crippen molar-refractivity contribution in [2.45, 2.75) is 22.0 Å². The van der Waals surface area contributed by atoms with Gasteiger partial charge in [0.25, 0.3) is 0 Å². The van der Waals surface area contributed by atoms with Crippen molar-refractivity contribution in [3.63, 3.8) is 0 Å². The molecule has 6 heteroatoms. The van der Waals surface area contributed by atoms with E-state index in [4.69, 9.17) is 4.74 Å². The van der Waals surface area contributed by atoms with Crippen LogP contribution in [-0.2, 0) is 9.53 Å². The van der Waals surface area contributed by atoms with Crippen molar-refractivity contribution in [2.24, 2.45) is 0 Å². The predicted molar refractivity (Wildman–Crippen MR) is 93.2 cm³/mol. The summed E-state index contributed by atoms with van der Waals surface area (Å²) in [4.78, 5) is 13.7. The van der Waals surface area contributed by atoms with Crippen LogP contribution < -0.4 is 0 Å². The van der Waals surface area contributed by atoms with Crippen molar-refractivity contribution in [3.8, 4) is 11.5 Å². The smallest absolute Gasteiger partial charge is 0.316 e. The fourth-order valence-electron chi connectivity index (χ4n) is 1.73. The Morgan fingerprint density at radius 2 is 1.52 bits per heavy atom. The third kappa shape index (κ3) is 6.46. The van der Waals surface area contributed by atoms with E-state index in [2.05, 4.69) is 0 Å². The molecule has 2 rings (SSSR count). The lowest BCUT2D eigenvalue weighted by molar-refractivity contribution is -0.140. The van der Waals surface area contributed by atoms with Gasteiger partial charge in [-0.1, -0.05) is 0 Å². The van der Waals surface area contributed by atoms with E-state index in [-0.39, 0.29) is 28.5 Å². The molecule has 2 aromatic rings. The molecule has 1 unspecified atom stereocenters. The van der Waals surface area contributed by atoms with Crippen LogP contribution in [0.5, 0.6) is 11.5 Å². The first kappa shape index (κ1) is 17.6. The Kier molecular flexibility index (Phi) is 6.67. The maximum Gasteiger partial charge on any atom is 0.316 e. The molecule has 0 radical (unpaired) electrons. The Hall–Kier alpha value is -1.79. The van der Waals surface area contributed by atoms with E-state index in [0.717, 1.165) is 9.79 Å². The number of carbonyl (C=O) groups excluding carboxylic acids is 1. The van der Waals surface area contributed by atoms with E-state index in [1.807, 2.05) is 19.1 Å². The molecule has 0 bridgehead atoms. The fourth-order valence-corrected chi connectivity index (χ4v) is 3.32. The van der Waals surface area contributed by atoms with E-state index in [9.17, 15) is 15.0 Å². The van der Waals surface area contributed by atoms with Gasteiger partial charge in [-0.3, -0.25) is 4.79 Å². The van der Waals surface area contributed by atoms with E-state index in [1.165, 1.54) is 11.8 Å². The molecule has 0 aliphatic rings. The third-order valence-electron chi connectivity index (χ3n) is 2.85. The number of hydrogen-bond acceptors (Lipinski definition) is 6. The molecule has 0 aromatic heterocycles. The highest BCUT2D eigenvalue weighted by Gasteiger charge is 2.09. The standard InChI is InChI=1S/C17H18O4S2/c1-12(23-16-8-4-14(19)5-9-16)10-21-17(20)11-22-15-6-2-13(18)3-7-15/h2-9,12,18-19H,10-11H2,1H3. The molecule has 23 heavy (non-hydrogen) atoms. The van der Waals surface area contributed by atoms with Crippen LogP contribution in [0, 0.1) is 0 Å². The molecular formula is C17H18O4S2. The number of rotatable bonds is 7. The van der Waals surface area contributed by atoms with Crippen molar-refractivity contribution in [1.29, 1.82) is 0 Å². The number of carbonyl (C=O) groups is 1. The van der Waals surface area contributed by atoms with Gasteiger partial charge in [-0.2, -0.15) is 0 Å². The van der Waals surface area contributed by atoms with Crippen LogP contribution in [0.1, 0.15) is 6.92 Å². The molecule has 0 saturated carbocycles. The van der Waals surface area contributed by atoms with Gasteiger partial charge in [0.1, 0.15) is 18.1 Å². The van der Waals surface area contributed by atoms with Crippen LogP contribution in [-0.4, -0.2) is 33.8 Å². The second kappa shape index (κ2) is 8.74. The first-order valence-corrected chi connectivity index (χ1v) is 8.92. The number of ether oxygens (including phenoxy) is 1. The Balaban J connectivity index is 1.69. The molecule has 0 aliphatic heterocycles. The highest BCUT2D eigenvalue weighted by molar-refractivity contribution is 8.00. The Bertz CT molecular complexity index is 626. The highest BCUT2D eigenvalue weighted by atomic mass is 32.2. The van der Waals surface area contributed by atoms with Crippen molar-refractivity contribution in [3.05, 3.63) is 48.5 Å². The van der Waals surface area contributed by atoms with Crippen molar-refractivity contribution in [2.75, 3.05) is 12.4 Å². The number of benzene rings is 2. The minimum absolute atomic E-state index is 0.127. The second-order valence-corrected chi connectivity index (χ2v) is 7.45. The Morgan fingerprint density at radius 1 is 1.00 bits per heavy atom. The van der Waals surface area contributed by atoms with Gasteiger partial charge in [-0.05, 0) is 55.5 Å². The summed E-state index contributed by atoms with van der Waals surface area (Å²) in [5.74, 6) is 0.416. The molecule has 2 aromatic carbocycles. The zero-order valence-corrected chi connectivity index (χ0v) is 14.3. The van der Waals surface area contributed by atoms with E-state index in [1.54, 1.807) is 48.2 Å². The second-order valence-electron chi connectivity index (χ2n) is 4.89. The lowest BCUT2D eigenvalue weighted by atomic mass is 10.3. The zero-order valence-electron chi connectivity index (χ0n) is 12.6. The number of aromatic hydroxyl groups is 2. The molecule has 0 amide bonds. The summed E-state index contributed by atoms with van der Waals surface area (Å²) in [5.41, 5.74) is 0. The van der Waals surface area contributed by atoms with Crippen LogP contribution in [0.2, 0.25) is 0 Å². The van der Waals surface area contributed by atoms with Gasteiger partial charge in [-0.15, -0.1) is 23.5 Å². The van der Waals surface area contributed by atoms with Crippen molar-refractivity contribution >= 4 is 29.5 Å². The Labute approximate surface area is 143 Å². The SMILES string of the molecule is CC(COC(=O)CSc1ccc(O)cc1)Sc1ccc(O)cc1. The number of phenols is 2. The van der Waals surface area contributed by atoms with Crippen LogP contribution >= 0.6 is 23.5 Å². The molecule has 4 nitrogen and oxygen atoms in total. The molecule has 122 valence electrons. The van der Waals surface area contributed by atoms with Crippen LogP contribution in [0.3, 0.4) is 0 Å². The van der Waals surface area contributed by atoms with Crippen LogP contribution in [0.25, 0.3) is 0 Å². The fraction of sp³-hybridized carbons (Fsp3) is 0.235. The molecule has 0 fully saturated rings. The molecule has 2 N–H and O–H groups in total. The maximum atomic E-state index is 11.8. The number of hydrogen-bond donors (Lipinski definition) is 2. The van der Waals surface area contributed by atoms with Gasteiger partial charge >= 0.3 is 5.97 Å². The first-order chi connectivity index (χ1) is 11.0. The highest BCUT2D eigenvalue weighted by Crippen LogP contribution is 2.25. The molecule has 0 saturated heterocycles. The molecule has 1 atom stereocenters. The summed E-state index contributed by atoms with van der Waals surface area (Å²) < 4.78 is 5.27. The lowest BCUT2D eigenvalue weighted by Crippen LogP contribution is -2.14. The topological polar surface area (TPSA) is 66.8 Å². The van der Waals surface area contributed by atoms with Crippen LogP contribution in [0.15, 0.2) is 58.3 Å². The summed E-state index contributed by atoms with van der Waals surface area (Å²) in [6.45, 7) is 2.32. The van der Waals surface area contributed by atoms with Gasteiger partial charge in [0, 0.05) is 15.0 Å². The van der Waals surface area contributed by atoms with E-state index >= 15 is 0 Å². The van der Waals surface area contributed by atoms with Gasteiger partial charge in [-0.25, -0.2) is 0 Å². The normalized spacial score (nSPS) is 11.9. The predicted octanol–water partition coefficient (Wildman–Crippen LogP) is 3.91. The van der Waals surface area contributed by atoms with Crippen molar-refractivity contribution < 1.29 is 19.7 Å². The summed E-state index contributed by atoms with van der Waals surface area (Å²) in [7, 11) is 0. The summed E-state index contributed by atoms with van der Waals surface area (Å²) in [6.07, 6.45) is 0. The number of phenolic OH excluding ortho intramolecular Hbond substituents is 2. The van der Waals surface area contributed by atoms with E-state index in [0.29, 0.717) is 6.61 Å². The molecular weight excluding hydrogens is 332 g/mol. The quantitative estimate of drug-likeness (QED) is 0.583. The van der Waals surface area contributed by atoms with Crippen molar-refractivity contribution in [1.82, 2.24) is 0 Å². The minimum Gasteiger partial charge on any atom is -0.508 e. The molecule has 0 spiro atoms. The molecule has 0 aliphatic carbocycles. The van der Waals surface area contributed by atoms with Gasteiger partial charge in [0.05, 0.1) is 5.75 Å². The zero-order chi connectivity index (χ0) is 16.7. The Morgan fingerprint density at radius 3 is 2.09 bits per heavy atom. The first-order valence-electron chi connectivity index (χ1n) is 7.06. The number of esters is 1.